The van der Waals surface area contributed by atoms with Crippen LogP contribution in [0.5, 0.6) is 0 Å². The molecule has 0 unspecified atom stereocenters. The van der Waals surface area contributed by atoms with Crippen LogP contribution in [0.4, 0.5) is 0 Å². The van der Waals surface area contributed by atoms with E-state index in [1.165, 1.54) is 4.57 Å². The van der Waals surface area contributed by atoms with Gasteiger partial charge in [-0.1, -0.05) is 12.1 Å². The van der Waals surface area contributed by atoms with Gasteiger partial charge in [-0.25, -0.2) is 9.59 Å². The summed E-state index contributed by atoms with van der Waals surface area (Å²) < 4.78 is 10.8. The SMILES string of the molecule is CCOC(=O)CCCn1c(=O)oc(=O)c2ccccc21. The molecule has 0 N–H and O–H groups in total. The lowest BCUT2D eigenvalue weighted by molar-refractivity contribution is -0.143. The Kier molecular flexibility index (Phi) is 4.34. The molecule has 0 saturated carbocycles. The third-order valence-electron chi connectivity index (χ3n) is 2.88. The van der Waals surface area contributed by atoms with Crippen LogP contribution in [0.2, 0.25) is 0 Å². The molecule has 2 aromatic rings. The van der Waals surface area contributed by atoms with Gasteiger partial charge in [-0.05, 0) is 25.5 Å². The summed E-state index contributed by atoms with van der Waals surface area (Å²) >= 11 is 0. The van der Waals surface area contributed by atoms with Crippen molar-refractivity contribution in [2.75, 3.05) is 6.61 Å². The van der Waals surface area contributed by atoms with Crippen LogP contribution in [0.25, 0.3) is 10.9 Å². The van der Waals surface area contributed by atoms with E-state index in [1.54, 1.807) is 31.2 Å². The van der Waals surface area contributed by atoms with E-state index in [-0.39, 0.29) is 12.4 Å². The molecule has 1 heterocycles. The maximum absolute atomic E-state index is 11.7. The molecule has 0 aliphatic carbocycles. The van der Waals surface area contributed by atoms with Crippen molar-refractivity contribution in [2.45, 2.75) is 26.3 Å². The van der Waals surface area contributed by atoms with E-state index < -0.39 is 11.4 Å². The van der Waals surface area contributed by atoms with Crippen molar-refractivity contribution in [3.05, 3.63) is 45.2 Å². The first-order chi connectivity index (χ1) is 9.63. The average molecular weight is 277 g/mol. The quantitative estimate of drug-likeness (QED) is 0.770. The van der Waals surface area contributed by atoms with Gasteiger partial charge in [0.25, 0.3) is 0 Å². The van der Waals surface area contributed by atoms with Gasteiger partial charge in [0.15, 0.2) is 0 Å². The summed E-state index contributed by atoms with van der Waals surface area (Å²) in [4.78, 5) is 34.6. The number of ether oxygens (including phenoxy) is 1. The van der Waals surface area contributed by atoms with Crippen LogP contribution in [0, 0.1) is 0 Å². The fraction of sp³-hybridized carbons (Fsp3) is 0.357. The molecule has 1 aromatic carbocycles. The largest absolute Gasteiger partial charge is 0.466 e. The Labute approximate surface area is 114 Å². The summed E-state index contributed by atoms with van der Waals surface area (Å²) in [5.74, 6) is -1.01. The van der Waals surface area contributed by atoms with Crippen LogP contribution in [-0.4, -0.2) is 17.1 Å². The highest BCUT2D eigenvalue weighted by Crippen LogP contribution is 2.08. The van der Waals surface area contributed by atoms with Gasteiger partial charge in [-0.15, -0.1) is 0 Å². The van der Waals surface area contributed by atoms with Gasteiger partial charge in [0.05, 0.1) is 17.5 Å². The van der Waals surface area contributed by atoms with E-state index in [9.17, 15) is 14.4 Å². The number of hydrogen-bond acceptors (Lipinski definition) is 5. The molecule has 6 heteroatoms. The molecule has 6 nitrogen and oxygen atoms in total. The van der Waals surface area contributed by atoms with E-state index in [0.717, 1.165) is 0 Å². The van der Waals surface area contributed by atoms with Crippen LogP contribution >= 0.6 is 0 Å². The number of carbonyl (C=O) groups excluding carboxylic acids is 1. The molecule has 20 heavy (non-hydrogen) atoms. The highest BCUT2D eigenvalue weighted by atomic mass is 16.5. The Bertz CT molecular complexity index is 728. The second-order valence-electron chi connectivity index (χ2n) is 4.23. The molecule has 0 spiro atoms. The first-order valence-corrected chi connectivity index (χ1v) is 6.41. The van der Waals surface area contributed by atoms with E-state index >= 15 is 0 Å². The van der Waals surface area contributed by atoms with Gasteiger partial charge >= 0.3 is 17.4 Å². The molecular formula is C14H15NO5. The van der Waals surface area contributed by atoms with Crippen LogP contribution in [-0.2, 0) is 16.1 Å². The fourth-order valence-electron chi connectivity index (χ4n) is 2.00. The van der Waals surface area contributed by atoms with Gasteiger partial charge in [0, 0.05) is 13.0 Å². The smallest absolute Gasteiger partial charge is 0.422 e. The lowest BCUT2D eigenvalue weighted by Gasteiger charge is -2.07. The van der Waals surface area contributed by atoms with Crippen molar-refractivity contribution in [1.29, 1.82) is 0 Å². The van der Waals surface area contributed by atoms with Crippen molar-refractivity contribution in [3.63, 3.8) is 0 Å². The van der Waals surface area contributed by atoms with Crippen molar-refractivity contribution in [1.82, 2.24) is 4.57 Å². The summed E-state index contributed by atoms with van der Waals surface area (Å²) in [5.41, 5.74) is -0.134. The molecule has 106 valence electrons. The van der Waals surface area contributed by atoms with E-state index in [2.05, 4.69) is 4.42 Å². The lowest BCUT2D eigenvalue weighted by atomic mass is 10.2. The molecule has 2 rings (SSSR count). The monoisotopic (exact) mass is 277 g/mol. The molecule has 0 bridgehead atoms. The Morgan fingerprint density at radius 3 is 2.80 bits per heavy atom. The van der Waals surface area contributed by atoms with E-state index in [0.29, 0.717) is 30.5 Å². The predicted molar refractivity (Wildman–Crippen MR) is 72.6 cm³/mol. The number of esters is 1. The summed E-state index contributed by atoms with van der Waals surface area (Å²) in [6.07, 6.45) is 0.657. The molecule has 0 radical (unpaired) electrons. The summed E-state index contributed by atoms with van der Waals surface area (Å²) in [6.45, 7) is 2.37. The van der Waals surface area contributed by atoms with Crippen molar-refractivity contribution >= 4 is 16.9 Å². The second-order valence-corrected chi connectivity index (χ2v) is 4.23. The number of hydrogen-bond donors (Lipinski definition) is 0. The molecule has 0 atom stereocenters. The number of nitrogens with zero attached hydrogens (tertiary/aromatic N) is 1. The molecular weight excluding hydrogens is 262 g/mol. The zero-order valence-corrected chi connectivity index (χ0v) is 11.1. The van der Waals surface area contributed by atoms with E-state index in [1.807, 2.05) is 0 Å². The minimum atomic E-state index is -0.711. The molecule has 0 saturated heterocycles. The summed E-state index contributed by atoms with van der Waals surface area (Å²) in [7, 11) is 0. The number of carbonyl (C=O) groups is 1. The zero-order chi connectivity index (χ0) is 14.5. The van der Waals surface area contributed by atoms with Gasteiger partial charge in [0.1, 0.15) is 0 Å². The Hall–Kier alpha value is -2.37. The minimum absolute atomic E-state index is 0.216. The number of aromatic nitrogens is 1. The predicted octanol–water partition coefficient (Wildman–Crippen LogP) is 1.30. The number of aryl methyl sites for hydroxylation is 1. The third kappa shape index (κ3) is 2.96. The molecule has 0 fully saturated rings. The number of para-hydroxylation sites is 1. The molecule has 0 aliphatic heterocycles. The standard InChI is InChI=1S/C14H15NO5/c1-2-19-12(16)8-5-9-15-11-7-4-3-6-10(11)13(17)20-14(15)18/h3-4,6-7H,2,5,8-9H2,1H3. The van der Waals surface area contributed by atoms with Crippen LogP contribution in [0.3, 0.4) is 0 Å². The average Bonchev–Trinajstić information content (AvgIpc) is 2.43. The fourth-order valence-corrected chi connectivity index (χ4v) is 2.00. The highest BCUT2D eigenvalue weighted by Gasteiger charge is 2.09. The second kappa shape index (κ2) is 6.18. The van der Waals surface area contributed by atoms with Crippen molar-refractivity contribution < 1.29 is 13.9 Å². The molecule has 1 aromatic heterocycles. The maximum Gasteiger partial charge on any atom is 0.422 e. The highest BCUT2D eigenvalue weighted by molar-refractivity contribution is 5.77. The lowest BCUT2D eigenvalue weighted by Crippen LogP contribution is -2.25. The molecule has 0 aliphatic rings. The van der Waals surface area contributed by atoms with Gasteiger partial charge in [0.2, 0.25) is 0 Å². The maximum atomic E-state index is 11.7. The van der Waals surface area contributed by atoms with E-state index in [4.69, 9.17) is 4.74 Å². The first kappa shape index (κ1) is 14.0. The normalized spacial score (nSPS) is 10.7. The third-order valence-corrected chi connectivity index (χ3v) is 2.88. The summed E-state index contributed by atoms with van der Waals surface area (Å²) in [5, 5.41) is 0.350. The van der Waals surface area contributed by atoms with Crippen molar-refractivity contribution in [3.8, 4) is 0 Å². The van der Waals surface area contributed by atoms with Crippen LogP contribution < -0.4 is 11.4 Å². The summed E-state index contributed by atoms with van der Waals surface area (Å²) in [6, 6.07) is 6.72. The molecule has 0 amide bonds. The van der Waals surface area contributed by atoms with Crippen LogP contribution in [0.15, 0.2) is 38.3 Å². The topological polar surface area (TPSA) is 78.5 Å². The Morgan fingerprint density at radius 1 is 1.30 bits per heavy atom. The van der Waals surface area contributed by atoms with Gasteiger partial charge in [-0.3, -0.25) is 9.36 Å². The number of benzene rings is 1. The first-order valence-electron chi connectivity index (χ1n) is 6.41. The minimum Gasteiger partial charge on any atom is -0.466 e. The Balaban J connectivity index is 2.24. The van der Waals surface area contributed by atoms with Gasteiger partial charge < -0.3 is 9.15 Å². The van der Waals surface area contributed by atoms with Crippen molar-refractivity contribution in [2.24, 2.45) is 0 Å². The zero-order valence-electron chi connectivity index (χ0n) is 11.1. The number of rotatable bonds is 5. The van der Waals surface area contributed by atoms with Crippen LogP contribution in [0.1, 0.15) is 19.8 Å². The van der Waals surface area contributed by atoms with Gasteiger partial charge in [-0.2, -0.15) is 0 Å². The number of fused-ring (bicyclic) bond motifs is 1. The Morgan fingerprint density at radius 2 is 2.05 bits per heavy atom.